The Bertz CT molecular complexity index is 1080. The Morgan fingerprint density at radius 3 is 2.12 bits per heavy atom. The van der Waals surface area contributed by atoms with Gasteiger partial charge in [0.15, 0.2) is 0 Å². The predicted molar refractivity (Wildman–Crippen MR) is 137 cm³/mol. The number of aryl methyl sites for hydroxylation is 2. The van der Waals surface area contributed by atoms with Crippen LogP contribution in [0.3, 0.4) is 0 Å². The maximum Gasteiger partial charge on any atom is 0.244 e. The molecule has 0 aliphatic rings. The van der Waals surface area contributed by atoms with E-state index in [1.807, 2.05) is 33.8 Å². The number of hydrogen-bond acceptors (Lipinski definition) is 4. The zero-order valence-electron chi connectivity index (χ0n) is 20.5. The number of sulfonamides is 1. The number of amides is 2. The molecule has 0 aromatic heterocycles. The lowest BCUT2D eigenvalue weighted by molar-refractivity contribution is -0.140. The van der Waals surface area contributed by atoms with Gasteiger partial charge in [-0.15, -0.1) is 0 Å². The lowest BCUT2D eigenvalue weighted by Crippen LogP contribution is -2.52. The Labute approximate surface area is 208 Å². The third kappa shape index (κ3) is 7.74. The molecule has 186 valence electrons. The second kappa shape index (κ2) is 12.2. The summed E-state index contributed by atoms with van der Waals surface area (Å²) in [5.41, 5.74) is 2.99. The van der Waals surface area contributed by atoms with Crippen LogP contribution in [0.5, 0.6) is 0 Å². The number of carbonyl (C=O) groups excluding carboxylic acids is 2. The van der Waals surface area contributed by atoms with Gasteiger partial charge in [0.05, 0.1) is 11.9 Å². The van der Waals surface area contributed by atoms with E-state index < -0.39 is 28.5 Å². The average Bonchev–Trinajstić information content (AvgIpc) is 2.75. The Hall–Kier alpha value is -2.58. The topological polar surface area (TPSA) is 86.8 Å². The molecule has 0 heterocycles. The molecule has 2 amide bonds. The molecule has 0 aliphatic heterocycles. The number of nitrogens with zero attached hydrogens (tertiary/aromatic N) is 2. The number of benzene rings is 2. The Morgan fingerprint density at radius 2 is 1.62 bits per heavy atom. The number of nitrogens with one attached hydrogen (secondary N) is 1. The summed E-state index contributed by atoms with van der Waals surface area (Å²) in [6, 6.07) is 11.7. The maximum atomic E-state index is 13.6. The van der Waals surface area contributed by atoms with Crippen LogP contribution < -0.4 is 9.62 Å². The molecule has 2 rings (SSSR count). The van der Waals surface area contributed by atoms with Crippen LogP contribution in [0.4, 0.5) is 5.69 Å². The molecule has 0 saturated carbocycles. The average molecular weight is 508 g/mol. The van der Waals surface area contributed by atoms with E-state index in [9.17, 15) is 18.0 Å². The Kier molecular flexibility index (Phi) is 9.94. The molecule has 34 heavy (non-hydrogen) atoms. The maximum absolute atomic E-state index is 13.6. The van der Waals surface area contributed by atoms with Crippen molar-refractivity contribution in [2.24, 2.45) is 0 Å². The van der Waals surface area contributed by atoms with Crippen LogP contribution in [0.25, 0.3) is 0 Å². The van der Waals surface area contributed by atoms with E-state index in [4.69, 9.17) is 11.6 Å². The molecule has 1 N–H and O–H groups in total. The van der Waals surface area contributed by atoms with Gasteiger partial charge in [-0.2, -0.15) is 0 Å². The summed E-state index contributed by atoms with van der Waals surface area (Å²) >= 11 is 6.00. The van der Waals surface area contributed by atoms with Gasteiger partial charge in [0, 0.05) is 18.1 Å². The largest absolute Gasteiger partial charge is 0.354 e. The van der Waals surface area contributed by atoms with Crippen LogP contribution in [0.2, 0.25) is 5.02 Å². The van der Waals surface area contributed by atoms with Gasteiger partial charge in [0.1, 0.15) is 12.6 Å². The summed E-state index contributed by atoms with van der Waals surface area (Å²) in [4.78, 5) is 28.0. The van der Waals surface area contributed by atoms with Crippen LogP contribution >= 0.6 is 11.6 Å². The lowest BCUT2D eigenvalue weighted by Gasteiger charge is -2.33. The van der Waals surface area contributed by atoms with Crippen molar-refractivity contribution >= 4 is 39.1 Å². The fraction of sp³-hybridized carbons (Fsp3) is 0.440. The summed E-state index contributed by atoms with van der Waals surface area (Å²) in [5.74, 6) is -0.720. The van der Waals surface area contributed by atoms with E-state index in [2.05, 4.69) is 5.32 Å². The minimum atomic E-state index is -3.76. The molecule has 2 aromatic rings. The molecule has 0 radical (unpaired) electrons. The molecule has 0 saturated heterocycles. The first-order chi connectivity index (χ1) is 16.0. The molecule has 0 bridgehead atoms. The quantitative estimate of drug-likeness (QED) is 0.497. The van der Waals surface area contributed by atoms with Gasteiger partial charge in [-0.25, -0.2) is 8.42 Å². The van der Waals surface area contributed by atoms with E-state index in [-0.39, 0.29) is 12.5 Å². The smallest absolute Gasteiger partial charge is 0.244 e. The van der Waals surface area contributed by atoms with Crippen LogP contribution in [0.1, 0.15) is 43.4 Å². The van der Waals surface area contributed by atoms with Gasteiger partial charge in [-0.05, 0) is 67.6 Å². The summed E-state index contributed by atoms with van der Waals surface area (Å²) < 4.78 is 26.5. The first-order valence-corrected chi connectivity index (χ1v) is 13.6. The highest BCUT2D eigenvalue weighted by Crippen LogP contribution is 2.23. The van der Waals surface area contributed by atoms with Crippen LogP contribution in [-0.2, 0) is 26.2 Å². The van der Waals surface area contributed by atoms with Crippen molar-refractivity contribution in [2.75, 3.05) is 23.7 Å². The standard InChI is InChI=1S/C25H34ClN3O4S/c1-6-12-27-25(31)23(7-2)28(16-20-8-10-21(26)11-9-20)24(30)17-29(34(5,32)33)22-14-18(3)13-19(4)15-22/h8-11,13-15,23H,6-7,12,16-17H2,1-5H3,(H,27,31). The van der Waals surface area contributed by atoms with Gasteiger partial charge < -0.3 is 10.2 Å². The molecule has 7 nitrogen and oxygen atoms in total. The monoisotopic (exact) mass is 507 g/mol. The molecule has 0 spiro atoms. The van der Waals surface area contributed by atoms with Gasteiger partial charge in [-0.3, -0.25) is 13.9 Å². The van der Waals surface area contributed by atoms with Gasteiger partial charge in [-0.1, -0.05) is 43.6 Å². The molecule has 9 heteroatoms. The predicted octanol–water partition coefficient (Wildman–Crippen LogP) is 4.06. The minimum absolute atomic E-state index is 0.151. The van der Waals surface area contributed by atoms with E-state index in [1.165, 1.54) is 4.90 Å². The number of anilines is 1. The van der Waals surface area contributed by atoms with Crippen molar-refractivity contribution < 1.29 is 18.0 Å². The van der Waals surface area contributed by atoms with Gasteiger partial charge in [0.2, 0.25) is 21.8 Å². The lowest BCUT2D eigenvalue weighted by atomic mass is 10.1. The molecule has 2 aromatic carbocycles. The second-order valence-electron chi connectivity index (χ2n) is 8.48. The second-order valence-corrected chi connectivity index (χ2v) is 10.8. The molecular weight excluding hydrogens is 474 g/mol. The van der Waals surface area contributed by atoms with Crippen LogP contribution in [0.15, 0.2) is 42.5 Å². The molecule has 1 unspecified atom stereocenters. The molecule has 0 aliphatic carbocycles. The van der Waals surface area contributed by atoms with Crippen molar-refractivity contribution in [3.05, 3.63) is 64.2 Å². The van der Waals surface area contributed by atoms with Crippen molar-refractivity contribution in [1.82, 2.24) is 10.2 Å². The van der Waals surface area contributed by atoms with E-state index in [0.717, 1.165) is 33.7 Å². The first-order valence-electron chi connectivity index (χ1n) is 11.3. The van der Waals surface area contributed by atoms with Crippen molar-refractivity contribution in [1.29, 1.82) is 0 Å². The van der Waals surface area contributed by atoms with Crippen molar-refractivity contribution in [3.63, 3.8) is 0 Å². The zero-order chi connectivity index (χ0) is 25.5. The minimum Gasteiger partial charge on any atom is -0.354 e. The van der Waals surface area contributed by atoms with Crippen LogP contribution in [-0.4, -0.2) is 50.5 Å². The highest BCUT2D eigenvalue weighted by Gasteiger charge is 2.31. The summed E-state index contributed by atoms with van der Waals surface area (Å²) in [6.07, 6.45) is 2.23. The normalized spacial score (nSPS) is 12.2. The zero-order valence-corrected chi connectivity index (χ0v) is 22.0. The van der Waals surface area contributed by atoms with Crippen molar-refractivity contribution in [2.45, 2.75) is 53.1 Å². The first kappa shape index (κ1) is 27.7. The van der Waals surface area contributed by atoms with Crippen LogP contribution in [0, 0.1) is 13.8 Å². The summed E-state index contributed by atoms with van der Waals surface area (Å²) in [5, 5.41) is 3.42. The molecule has 1 atom stereocenters. The van der Waals surface area contributed by atoms with E-state index in [1.54, 1.807) is 36.4 Å². The third-order valence-corrected chi connectivity index (χ3v) is 6.77. The van der Waals surface area contributed by atoms with Crippen molar-refractivity contribution in [3.8, 4) is 0 Å². The number of hydrogen-bond donors (Lipinski definition) is 1. The number of carbonyl (C=O) groups is 2. The van der Waals surface area contributed by atoms with E-state index in [0.29, 0.717) is 23.7 Å². The number of rotatable bonds is 11. The third-order valence-electron chi connectivity index (χ3n) is 5.37. The van der Waals surface area contributed by atoms with Gasteiger partial charge in [0.25, 0.3) is 0 Å². The molecule has 0 fully saturated rings. The number of halogens is 1. The summed E-state index contributed by atoms with van der Waals surface area (Å²) in [6.45, 7) is 7.76. The van der Waals surface area contributed by atoms with E-state index >= 15 is 0 Å². The SMILES string of the molecule is CCCNC(=O)C(CC)N(Cc1ccc(Cl)cc1)C(=O)CN(c1cc(C)cc(C)c1)S(C)(=O)=O. The fourth-order valence-corrected chi connectivity index (χ4v) is 4.74. The highest BCUT2D eigenvalue weighted by atomic mass is 35.5. The van der Waals surface area contributed by atoms with Gasteiger partial charge >= 0.3 is 0 Å². The highest BCUT2D eigenvalue weighted by molar-refractivity contribution is 7.92. The Balaban J connectivity index is 2.44. The summed E-state index contributed by atoms with van der Waals surface area (Å²) in [7, 11) is -3.76. The fourth-order valence-electron chi connectivity index (χ4n) is 3.78. The molecular formula is C25H34ClN3O4S. The Morgan fingerprint density at radius 1 is 1.03 bits per heavy atom.